The lowest BCUT2D eigenvalue weighted by Crippen LogP contribution is -2.36. The van der Waals surface area contributed by atoms with Crippen molar-refractivity contribution in [1.82, 2.24) is 9.97 Å². The third-order valence-corrected chi connectivity index (χ3v) is 6.19. The van der Waals surface area contributed by atoms with E-state index in [2.05, 4.69) is 43.0 Å². The maximum absolute atomic E-state index is 12.5. The van der Waals surface area contributed by atoms with E-state index in [1.807, 2.05) is 60.7 Å². The summed E-state index contributed by atoms with van der Waals surface area (Å²) in [5.41, 5.74) is 4.19. The van der Waals surface area contributed by atoms with Gasteiger partial charge in [-0.15, -0.1) is 0 Å². The predicted molar refractivity (Wildman–Crippen MR) is 154 cm³/mol. The number of rotatable bonds is 8. The highest BCUT2D eigenvalue weighted by Crippen LogP contribution is 2.29. The molecule has 0 saturated carbocycles. The van der Waals surface area contributed by atoms with Crippen molar-refractivity contribution in [2.75, 3.05) is 47.2 Å². The van der Waals surface area contributed by atoms with Crippen LogP contribution >= 0.6 is 11.6 Å². The molecule has 3 aromatic carbocycles. The molecule has 3 N–H and O–H groups in total. The van der Waals surface area contributed by atoms with Gasteiger partial charge in [0.25, 0.3) is 0 Å². The summed E-state index contributed by atoms with van der Waals surface area (Å²) >= 11 is 6.40. The Bertz CT molecular complexity index is 1410. The summed E-state index contributed by atoms with van der Waals surface area (Å²) in [5.74, 6) is 0.554. The lowest BCUT2D eigenvalue weighted by molar-refractivity contribution is -0.111. The molecule has 1 saturated heterocycles. The fraction of sp³-hybridized carbons (Fsp3) is 0.138. The van der Waals surface area contributed by atoms with E-state index in [0.29, 0.717) is 28.2 Å². The maximum atomic E-state index is 12.5. The molecule has 9 heteroatoms. The van der Waals surface area contributed by atoms with E-state index in [9.17, 15) is 4.79 Å². The Labute approximate surface area is 226 Å². The number of benzene rings is 3. The number of anilines is 6. The van der Waals surface area contributed by atoms with Gasteiger partial charge >= 0.3 is 0 Å². The van der Waals surface area contributed by atoms with Gasteiger partial charge in [-0.1, -0.05) is 54.1 Å². The molecule has 0 atom stereocenters. The normalized spacial score (nSPS) is 13.3. The molecule has 1 aliphatic heterocycles. The van der Waals surface area contributed by atoms with E-state index in [4.69, 9.17) is 16.3 Å². The van der Waals surface area contributed by atoms with Gasteiger partial charge in [0.15, 0.2) is 5.82 Å². The van der Waals surface area contributed by atoms with Gasteiger partial charge in [-0.2, -0.15) is 4.98 Å². The zero-order chi connectivity index (χ0) is 26.2. The van der Waals surface area contributed by atoms with Crippen LogP contribution in [-0.2, 0) is 9.53 Å². The SMILES string of the molecule is O=C(/C=C/c1ccccc1)Nc1ccccc1Nc1nc(Nc2ccc(N3CCOCC3)cc2)ncc1Cl. The van der Waals surface area contributed by atoms with Crippen LogP contribution in [0.3, 0.4) is 0 Å². The zero-order valence-corrected chi connectivity index (χ0v) is 21.4. The van der Waals surface area contributed by atoms with Crippen LogP contribution in [-0.4, -0.2) is 42.2 Å². The van der Waals surface area contributed by atoms with Crippen LogP contribution in [0.15, 0.2) is 91.1 Å². The summed E-state index contributed by atoms with van der Waals surface area (Å²) < 4.78 is 5.43. The minimum atomic E-state index is -0.250. The Morgan fingerprint density at radius 2 is 1.61 bits per heavy atom. The van der Waals surface area contributed by atoms with Crippen molar-refractivity contribution in [2.24, 2.45) is 0 Å². The molecule has 1 fully saturated rings. The number of halogens is 1. The number of hydrogen-bond acceptors (Lipinski definition) is 7. The quantitative estimate of drug-likeness (QED) is 0.239. The average molecular weight is 527 g/mol. The van der Waals surface area contributed by atoms with E-state index in [0.717, 1.165) is 43.2 Å². The summed E-state index contributed by atoms with van der Waals surface area (Å²) in [4.78, 5) is 23.7. The third kappa shape index (κ3) is 6.67. The number of ether oxygens (including phenoxy) is 1. The molecule has 8 nitrogen and oxygen atoms in total. The first-order valence-corrected chi connectivity index (χ1v) is 12.6. The number of amides is 1. The molecule has 1 amide bonds. The third-order valence-electron chi connectivity index (χ3n) is 5.91. The van der Waals surface area contributed by atoms with Gasteiger partial charge in [0, 0.05) is 30.5 Å². The number of carbonyl (C=O) groups excluding carboxylic acids is 1. The molecule has 0 aliphatic carbocycles. The molecule has 38 heavy (non-hydrogen) atoms. The molecule has 0 bridgehead atoms. The Morgan fingerprint density at radius 3 is 2.37 bits per heavy atom. The van der Waals surface area contributed by atoms with Crippen molar-refractivity contribution < 1.29 is 9.53 Å². The zero-order valence-electron chi connectivity index (χ0n) is 20.6. The molecule has 0 spiro atoms. The Morgan fingerprint density at radius 1 is 0.895 bits per heavy atom. The average Bonchev–Trinajstić information content (AvgIpc) is 2.96. The van der Waals surface area contributed by atoms with Crippen LogP contribution in [0.2, 0.25) is 5.02 Å². The summed E-state index contributed by atoms with van der Waals surface area (Å²) in [6, 6.07) is 25.1. The van der Waals surface area contributed by atoms with Crippen LogP contribution in [0.4, 0.5) is 34.5 Å². The molecular formula is C29H27ClN6O2. The van der Waals surface area contributed by atoms with Gasteiger partial charge in [0.1, 0.15) is 5.02 Å². The molecular weight excluding hydrogens is 500 g/mol. The van der Waals surface area contributed by atoms with Crippen LogP contribution in [0.25, 0.3) is 6.08 Å². The van der Waals surface area contributed by atoms with E-state index in [-0.39, 0.29) is 5.91 Å². The number of para-hydroxylation sites is 2. The molecule has 4 aromatic rings. The molecule has 192 valence electrons. The highest BCUT2D eigenvalue weighted by Gasteiger charge is 2.12. The monoisotopic (exact) mass is 526 g/mol. The van der Waals surface area contributed by atoms with Crippen LogP contribution in [0, 0.1) is 0 Å². The smallest absolute Gasteiger partial charge is 0.248 e. The van der Waals surface area contributed by atoms with E-state index in [1.54, 1.807) is 12.1 Å². The number of hydrogen-bond donors (Lipinski definition) is 3. The van der Waals surface area contributed by atoms with Gasteiger partial charge in [-0.3, -0.25) is 4.79 Å². The van der Waals surface area contributed by atoms with Gasteiger partial charge < -0.3 is 25.6 Å². The highest BCUT2D eigenvalue weighted by atomic mass is 35.5. The fourth-order valence-electron chi connectivity index (χ4n) is 3.96. The summed E-state index contributed by atoms with van der Waals surface area (Å²) in [6.07, 6.45) is 4.79. The fourth-order valence-corrected chi connectivity index (χ4v) is 4.10. The van der Waals surface area contributed by atoms with E-state index >= 15 is 0 Å². The van der Waals surface area contributed by atoms with Gasteiger partial charge in [0.2, 0.25) is 11.9 Å². The van der Waals surface area contributed by atoms with E-state index < -0.39 is 0 Å². The van der Waals surface area contributed by atoms with Crippen molar-refractivity contribution >= 4 is 58.1 Å². The maximum Gasteiger partial charge on any atom is 0.248 e. The van der Waals surface area contributed by atoms with Crippen LogP contribution < -0.4 is 20.9 Å². The molecule has 1 aliphatic rings. The van der Waals surface area contributed by atoms with Crippen LogP contribution in [0.1, 0.15) is 5.56 Å². The first-order chi connectivity index (χ1) is 18.6. The second-order valence-electron chi connectivity index (χ2n) is 8.57. The van der Waals surface area contributed by atoms with Crippen molar-refractivity contribution in [3.8, 4) is 0 Å². The van der Waals surface area contributed by atoms with Crippen LogP contribution in [0.5, 0.6) is 0 Å². The Hall–Kier alpha value is -4.40. The van der Waals surface area contributed by atoms with Crippen molar-refractivity contribution in [3.63, 3.8) is 0 Å². The Kier molecular flexibility index (Phi) is 8.13. The van der Waals surface area contributed by atoms with Gasteiger partial charge in [-0.25, -0.2) is 4.98 Å². The summed E-state index contributed by atoms with van der Waals surface area (Å²) in [6.45, 7) is 3.25. The lowest BCUT2D eigenvalue weighted by Gasteiger charge is -2.28. The number of nitrogens with zero attached hydrogens (tertiary/aromatic N) is 3. The topological polar surface area (TPSA) is 91.4 Å². The van der Waals surface area contributed by atoms with Gasteiger partial charge in [0.05, 0.1) is 30.8 Å². The second-order valence-corrected chi connectivity index (χ2v) is 8.97. The largest absolute Gasteiger partial charge is 0.378 e. The highest BCUT2D eigenvalue weighted by molar-refractivity contribution is 6.33. The molecule has 1 aromatic heterocycles. The van der Waals surface area contributed by atoms with E-state index in [1.165, 1.54) is 12.3 Å². The number of carbonyl (C=O) groups is 1. The second kappa shape index (κ2) is 12.2. The molecule has 2 heterocycles. The molecule has 0 unspecified atom stereocenters. The number of nitrogens with one attached hydrogen (secondary N) is 3. The lowest BCUT2D eigenvalue weighted by atomic mass is 10.2. The summed E-state index contributed by atoms with van der Waals surface area (Å²) in [5, 5.41) is 9.70. The van der Waals surface area contributed by atoms with Gasteiger partial charge in [-0.05, 0) is 48.0 Å². The first-order valence-electron chi connectivity index (χ1n) is 12.3. The first kappa shape index (κ1) is 25.3. The number of aromatic nitrogens is 2. The standard InChI is InChI=1S/C29H27ClN6O2/c30-24-20-31-29(32-22-11-13-23(14-12-22)36-16-18-38-19-17-36)35-28(24)34-26-9-5-4-8-25(26)33-27(37)15-10-21-6-2-1-3-7-21/h1-15,20H,16-19H2,(H,33,37)(H2,31,32,34,35)/b15-10+. The van der Waals surface area contributed by atoms with Crippen molar-refractivity contribution in [3.05, 3.63) is 102 Å². The molecule has 0 radical (unpaired) electrons. The number of morpholine rings is 1. The minimum absolute atomic E-state index is 0.250. The predicted octanol–water partition coefficient (Wildman–Crippen LogP) is 6.11. The van der Waals surface area contributed by atoms with Crippen molar-refractivity contribution in [1.29, 1.82) is 0 Å². The molecule has 5 rings (SSSR count). The Balaban J connectivity index is 1.26. The van der Waals surface area contributed by atoms with Crippen molar-refractivity contribution in [2.45, 2.75) is 0 Å². The minimum Gasteiger partial charge on any atom is -0.378 e. The summed E-state index contributed by atoms with van der Waals surface area (Å²) in [7, 11) is 0.